The zero-order valence-electron chi connectivity index (χ0n) is 7.42. The van der Waals surface area contributed by atoms with Crippen molar-refractivity contribution in [3.05, 3.63) is 0 Å². The molecule has 0 saturated carbocycles. The molecule has 0 heterocycles. The van der Waals surface area contributed by atoms with Crippen LogP contribution in [0.4, 0.5) is 9.59 Å². The van der Waals surface area contributed by atoms with Gasteiger partial charge in [0.25, 0.3) is 0 Å². The Labute approximate surface area is 70.9 Å². The Morgan fingerprint density at radius 1 is 1.17 bits per heavy atom. The van der Waals surface area contributed by atoms with E-state index in [0.717, 1.165) is 0 Å². The Morgan fingerprint density at radius 3 is 1.33 bits per heavy atom. The number of primary amides is 2. The Hall–Kier alpha value is -1.30. The first-order valence-electron chi connectivity index (χ1n) is 3.21. The lowest BCUT2D eigenvalue weighted by Gasteiger charge is -2.04. The van der Waals surface area contributed by atoms with E-state index in [2.05, 4.69) is 11.5 Å². The van der Waals surface area contributed by atoms with Gasteiger partial charge in [-0.2, -0.15) is 0 Å². The van der Waals surface area contributed by atoms with Crippen LogP contribution in [0.3, 0.4) is 0 Å². The lowest BCUT2D eigenvalue weighted by atomic mass is 10.2. The first-order chi connectivity index (χ1) is 5.13. The van der Waals surface area contributed by atoms with Gasteiger partial charge in [-0.25, -0.2) is 9.59 Å². The van der Waals surface area contributed by atoms with Crippen molar-refractivity contribution in [1.29, 1.82) is 0 Å². The summed E-state index contributed by atoms with van der Waals surface area (Å²) in [6.07, 6.45) is 0. The molecular weight excluding hydrogens is 162 g/mol. The molecule has 6 nitrogen and oxygen atoms in total. The van der Waals surface area contributed by atoms with Crippen molar-refractivity contribution < 1.29 is 14.7 Å². The Bertz CT molecular complexity index is 144. The highest BCUT2D eigenvalue weighted by Gasteiger charge is 1.97. The summed E-state index contributed by atoms with van der Waals surface area (Å²) in [5.41, 5.74) is 8.38. The Morgan fingerprint density at radius 2 is 1.33 bits per heavy atom. The second-order valence-corrected chi connectivity index (χ2v) is 3.02. The Kier molecular flexibility index (Phi) is 5.94. The smallest absolute Gasteiger partial charge is 0.320 e. The number of carbonyl (C=O) groups excluding carboxylic acids is 2. The second-order valence-electron chi connectivity index (χ2n) is 3.02. The van der Waals surface area contributed by atoms with Crippen LogP contribution in [0.5, 0.6) is 0 Å². The zero-order valence-corrected chi connectivity index (χ0v) is 7.42. The normalized spacial score (nSPS) is 9.33. The average molecular weight is 177 g/mol. The molecule has 0 aromatic heterocycles. The average Bonchev–Trinajstić information content (AvgIpc) is 1.52. The van der Waals surface area contributed by atoms with Crippen LogP contribution in [0.25, 0.3) is 0 Å². The van der Waals surface area contributed by atoms with E-state index in [1.165, 1.54) is 0 Å². The molecule has 6 heteroatoms. The molecule has 0 unspecified atom stereocenters. The fourth-order valence-corrected chi connectivity index (χ4v) is 0.121. The molecule has 0 rings (SSSR count). The molecule has 0 radical (unpaired) electrons. The van der Waals surface area contributed by atoms with E-state index in [9.17, 15) is 9.59 Å². The summed E-state index contributed by atoms with van der Waals surface area (Å²) in [4.78, 5) is 19.2. The molecule has 0 aromatic carbocycles. The van der Waals surface area contributed by atoms with Crippen molar-refractivity contribution in [2.45, 2.75) is 26.4 Å². The summed E-state index contributed by atoms with van der Waals surface area (Å²) in [6, 6.07) is -1.88. The molecule has 0 spiro atoms. The highest BCUT2D eigenvalue weighted by Crippen LogP contribution is 1.93. The molecule has 0 fully saturated rings. The third-order valence-electron chi connectivity index (χ3n) is 0.246. The minimum Gasteiger partial charge on any atom is -0.391 e. The third-order valence-corrected chi connectivity index (χ3v) is 0.246. The molecule has 6 N–H and O–H groups in total. The number of urea groups is 2. The van der Waals surface area contributed by atoms with Crippen molar-refractivity contribution in [1.82, 2.24) is 5.32 Å². The van der Waals surface area contributed by atoms with Crippen molar-refractivity contribution in [3.8, 4) is 0 Å². The van der Waals surface area contributed by atoms with Crippen molar-refractivity contribution in [2.24, 2.45) is 11.5 Å². The fourth-order valence-electron chi connectivity index (χ4n) is 0.121. The van der Waals surface area contributed by atoms with Gasteiger partial charge in [-0.05, 0) is 20.8 Å². The van der Waals surface area contributed by atoms with Crippen molar-refractivity contribution >= 4 is 12.1 Å². The van der Waals surface area contributed by atoms with Crippen molar-refractivity contribution in [3.63, 3.8) is 0 Å². The molecule has 0 aromatic rings. The van der Waals surface area contributed by atoms with E-state index < -0.39 is 17.7 Å². The number of carbonyl (C=O) groups is 2. The standard InChI is InChI=1S/C4H10O.C2H5N3O2/c1-4(2,3)5;3-1(6)5-2(4)7/h5H,1-3H3;(H5,3,4,5,6,7). The first-order valence-corrected chi connectivity index (χ1v) is 3.21. The summed E-state index contributed by atoms with van der Waals surface area (Å²) in [6.45, 7) is 5.23. The number of imide groups is 1. The van der Waals surface area contributed by atoms with Crippen LogP contribution in [-0.2, 0) is 0 Å². The van der Waals surface area contributed by atoms with Crippen LogP contribution < -0.4 is 16.8 Å². The van der Waals surface area contributed by atoms with Gasteiger partial charge in [-0.1, -0.05) is 0 Å². The van der Waals surface area contributed by atoms with E-state index in [-0.39, 0.29) is 0 Å². The number of hydrogen-bond acceptors (Lipinski definition) is 3. The van der Waals surface area contributed by atoms with Gasteiger partial charge in [0.2, 0.25) is 0 Å². The Balaban J connectivity index is 0. The minimum absolute atomic E-state index is 0.500. The highest BCUT2D eigenvalue weighted by molar-refractivity contribution is 5.91. The van der Waals surface area contributed by atoms with Gasteiger partial charge in [-0.15, -0.1) is 0 Å². The molecule has 0 aliphatic heterocycles. The maximum atomic E-state index is 9.62. The number of hydrogen-bond donors (Lipinski definition) is 4. The number of nitrogens with two attached hydrogens (primary N) is 2. The van der Waals surface area contributed by atoms with Crippen LogP contribution in [0.2, 0.25) is 0 Å². The van der Waals surface area contributed by atoms with Gasteiger partial charge in [-0.3, -0.25) is 5.32 Å². The lowest BCUT2D eigenvalue weighted by Crippen LogP contribution is -2.38. The zero-order chi connectivity index (χ0) is 10.4. The summed E-state index contributed by atoms with van der Waals surface area (Å²) in [5.74, 6) is 0. The summed E-state index contributed by atoms with van der Waals surface area (Å²) < 4.78 is 0. The van der Waals surface area contributed by atoms with Gasteiger partial charge in [0.1, 0.15) is 0 Å². The maximum absolute atomic E-state index is 9.62. The SMILES string of the molecule is CC(C)(C)O.NC(=O)NC(N)=O. The molecular formula is C6H15N3O3. The van der Waals surface area contributed by atoms with E-state index in [0.29, 0.717) is 0 Å². The predicted octanol–water partition coefficient (Wildman–Crippen LogP) is -0.489. The lowest BCUT2D eigenvalue weighted by molar-refractivity contribution is 0.102. The van der Waals surface area contributed by atoms with Gasteiger partial charge >= 0.3 is 12.1 Å². The first kappa shape index (κ1) is 13.3. The van der Waals surface area contributed by atoms with Crippen LogP contribution in [-0.4, -0.2) is 22.8 Å². The van der Waals surface area contributed by atoms with Crippen molar-refractivity contribution in [2.75, 3.05) is 0 Å². The van der Waals surface area contributed by atoms with E-state index in [1.54, 1.807) is 26.1 Å². The van der Waals surface area contributed by atoms with Gasteiger partial charge in [0.15, 0.2) is 0 Å². The second kappa shape index (κ2) is 5.36. The van der Waals surface area contributed by atoms with Gasteiger partial charge < -0.3 is 16.6 Å². The van der Waals surface area contributed by atoms with Crippen LogP contribution in [0.1, 0.15) is 20.8 Å². The van der Waals surface area contributed by atoms with Crippen LogP contribution in [0, 0.1) is 0 Å². The summed E-state index contributed by atoms with van der Waals surface area (Å²) in [5, 5.41) is 10.1. The minimum atomic E-state index is -0.938. The number of aliphatic hydroxyl groups is 1. The molecule has 0 bridgehead atoms. The monoisotopic (exact) mass is 177 g/mol. The molecule has 4 amide bonds. The molecule has 0 aliphatic rings. The summed E-state index contributed by atoms with van der Waals surface area (Å²) >= 11 is 0. The molecule has 0 saturated heterocycles. The predicted molar refractivity (Wildman–Crippen MR) is 44.3 cm³/mol. The maximum Gasteiger partial charge on any atom is 0.320 e. The van der Waals surface area contributed by atoms with E-state index in [4.69, 9.17) is 5.11 Å². The fraction of sp³-hybridized carbons (Fsp3) is 0.667. The summed E-state index contributed by atoms with van der Waals surface area (Å²) in [7, 11) is 0. The largest absolute Gasteiger partial charge is 0.391 e. The number of nitrogens with one attached hydrogen (secondary N) is 1. The third kappa shape index (κ3) is 70.8. The molecule has 0 atom stereocenters. The van der Waals surface area contributed by atoms with Crippen LogP contribution in [0.15, 0.2) is 0 Å². The van der Waals surface area contributed by atoms with Gasteiger partial charge in [0.05, 0.1) is 5.60 Å². The molecule has 72 valence electrons. The van der Waals surface area contributed by atoms with E-state index in [1.807, 2.05) is 0 Å². The topological polar surface area (TPSA) is 118 Å². The number of amides is 4. The molecule has 12 heavy (non-hydrogen) atoms. The van der Waals surface area contributed by atoms with E-state index >= 15 is 0 Å². The van der Waals surface area contributed by atoms with Crippen LogP contribution >= 0.6 is 0 Å². The quantitative estimate of drug-likeness (QED) is 0.399. The highest BCUT2D eigenvalue weighted by atomic mass is 16.3. The van der Waals surface area contributed by atoms with Gasteiger partial charge in [0, 0.05) is 0 Å². The molecule has 0 aliphatic carbocycles. The number of rotatable bonds is 0.